The second-order valence-electron chi connectivity index (χ2n) is 3.73. The van der Waals surface area contributed by atoms with Crippen LogP contribution in [-0.2, 0) is 16.6 Å². The minimum absolute atomic E-state index is 0.0124. The monoisotopic (exact) mass is 347 g/mol. The summed E-state index contributed by atoms with van der Waals surface area (Å²) >= 11 is 3.21. The Morgan fingerprint density at radius 3 is 2.79 bits per heavy atom. The number of aromatic nitrogens is 2. The van der Waals surface area contributed by atoms with E-state index in [2.05, 4.69) is 30.6 Å². The number of benzene rings is 1. The minimum atomic E-state index is -3.89. The van der Waals surface area contributed by atoms with Crippen LogP contribution < -0.4 is 9.88 Å². The van der Waals surface area contributed by atoms with Crippen molar-refractivity contribution >= 4 is 26.0 Å². The summed E-state index contributed by atoms with van der Waals surface area (Å²) in [6, 6.07) is 3.11. The maximum atomic E-state index is 11.5. The highest BCUT2D eigenvalue weighted by Crippen LogP contribution is 2.31. The zero-order valence-electron chi connectivity index (χ0n) is 9.83. The van der Waals surface area contributed by atoms with Gasteiger partial charge in [0.05, 0.1) is 0 Å². The molecule has 0 aliphatic heterocycles. The highest BCUT2D eigenvalue weighted by Gasteiger charge is 2.19. The van der Waals surface area contributed by atoms with Crippen molar-refractivity contribution in [2.24, 2.45) is 5.14 Å². The molecule has 0 atom stereocenters. The molecule has 0 saturated heterocycles. The van der Waals surface area contributed by atoms with Gasteiger partial charge in [-0.3, -0.25) is 0 Å². The topological polar surface area (TPSA) is 108 Å². The summed E-state index contributed by atoms with van der Waals surface area (Å²) in [5.74, 6) is 0.484. The fraction of sp³-hybridized carbons (Fsp3) is 0.200. The van der Waals surface area contributed by atoms with Crippen molar-refractivity contribution in [2.45, 2.75) is 18.4 Å². The van der Waals surface area contributed by atoms with Gasteiger partial charge in [0.25, 0.3) is 0 Å². The summed E-state index contributed by atoms with van der Waals surface area (Å²) in [4.78, 5) is 3.68. The lowest BCUT2D eigenvalue weighted by Gasteiger charge is -2.12. The second-order valence-corrected chi connectivity index (χ2v) is 6.18. The van der Waals surface area contributed by atoms with Crippen LogP contribution in [0.4, 0.5) is 0 Å². The summed E-state index contributed by atoms with van der Waals surface area (Å²) in [6.45, 7) is 1.70. The zero-order valence-corrected chi connectivity index (χ0v) is 12.2. The lowest BCUT2D eigenvalue weighted by atomic mass is 10.2. The van der Waals surface area contributed by atoms with Crippen LogP contribution in [0.2, 0.25) is 0 Å². The van der Waals surface area contributed by atoms with E-state index >= 15 is 0 Å². The number of primary sulfonamides is 1. The Bertz CT molecular complexity index is 685. The van der Waals surface area contributed by atoms with Crippen LogP contribution in [0, 0.1) is 6.92 Å². The number of halogens is 1. The molecule has 9 heteroatoms. The van der Waals surface area contributed by atoms with Crippen molar-refractivity contribution in [3.8, 4) is 5.75 Å². The first-order valence-corrected chi connectivity index (χ1v) is 7.43. The van der Waals surface area contributed by atoms with Gasteiger partial charge < -0.3 is 9.26 Å². The number of nitrogens with two attached hydrogens (primary N) is 1. The molecule has 0 radical (unpaired) electrons. The Labute approximate surface area is 117 Å². The minimum Gasteiger partial charge on any atom is -0.484 e. The maximum Gasteiger partial charge on any atom is 0.241 e. The molecular weight excluding hydrogens is 338 g/mol. The standard InChI is InChI=1S/C10H10BrN3O4S/c1-6-2-7(11)3-8(19(12,15)16)10(6)17-4-9-13-5-18-14-9/h2-3,5H,4H2,1H3,(H2,12,15,16). The molecule has 0 bridgehead atoms. The number of sulfonamides is 1. The molecule has 1 aromatic heterocycles. The molecule has 0 spiro atoms. The molecular formula is C10H10BrN3O4S. The third-order valence-electron chi connectivity index (χ3n) is 2.26. The fourth-order valence-electron chi connectivity index (χ4n) is 1.49. The molecule has 19 heavy (non-hydrogen) atoms. The number of aryl methyl sites for hydroxylation is 1. The molecule has 7 nitrogen and oxygen atoms in total. The van der Waals surface area contributed by atoms with Gasteiger partial charge in [0.1, 0.15) is 10.6 Å². The largest absolute Gasteiger partial charge is 0.484 e. The van der Waals surface area contributed by atoms with Gasteiger partial charge >= 0.3 is 0 Å². The van der Waals surface area contributed by atoms with E-state index < -0.39 is 10.0 Å². The van der Waals surface area contributed by atoms with E-state index in [1.165, 1.54) is 6.07 Å². The number of hydrogen-bond donors (Lipinski definition) is 1. The Hall–Kier alpha value is -1.45. The van der Waals surface area contributed by atoms with Crippen molar-refractivity contribution in [1.29, 1.82) is 0 Å². The zero-order chi connectivity index (χ0) is 14.0. The molecule has 1 heterocycles. The van der Waals surface area contributed by atoms with Crippen molar-refractivity contribution in [3.05, 3.63) is 34.4 Å². The molecule has 0 aliphatic rings. The number of ether oxygens (including phenoxy) is 1. The first-order valence-electron chi connectivity index (χ1n) is 5.09. The smallest absolute Gasteiger partial charge is 0.241 e. The lowest BCUT2D eigenvalue weighted by Crippen LogP contribution is -2.15. The van der Waals surface area contributed by atoms with Crippen LogP contribution >= 0.6 is 15.9 Å². The molecule has 2 N–H and O–H groups in total. The van der Waals surface area contributed by atoms with Crippen LogP contribution in [-0.4, -0.2) is 18.6 Å². The normalized spacial score (nSPS) is 11.5. The van der Waals surface area contributed by atoms with Gasteiger partial charge in [-0.15, -0.1) is 0 Å². The Balaban J connectivity index is 2.38. The molecule has 1 aromatic carbocycles. The fourth-order valence-corrected chi connectivity index (χ4v) is 2.98. The molecule has 102 valence electrons. The molecule has 0 unspecified atom stereocenters. The summed E-state index contributed by atoms with van der Waals surface area (Å²) in [5, 5.41) is 8.74. The van der Waals surface area contributed by atoms with Crippen LogP contribution in [0.15, 0.2) is 32.4 Å². The summed E-state index contributed by atoms with van der Waals surface area (Å²) in [7, 11) is -3.89. The Morgan fingerprint density at radius 1 is 1.47 bits per heavy atom. The van der Waals surface area contributed by atoms with E-state index in [0.717, 1.165) is 6.39 Å². The Morgan fingerprint density at radius 2 is 2.21 bits per heavy atom. The van der Waals surface area contributed by atoms with E-state index in [0.29, 0.717) is 15.9 Å². The van der Waals surface area contributed by atoms with Crippen molar-refractivity contribution in [3.63, 3.8) is 0 Å². The first-order chi connectivity index (χ1) is 8.88. The van der Waals surface area contributed by atoms with Crippen molar-refractivity contribution < 1.29 is 17.7 Å². The SMILES string of the molecule is Cc1cc(Br)cc(S(N)(=O)=O)c1OCc1ncon1. The van der Waals surface area contributed by atoms with Crippen molar-refractivity contribution in [2.75, 3.05) is 0 Å². The third kappa shape index (κ3) is 3.31. The van der Waals surface area contributed by atoms with Gasteiger partial charge in [-0.05, 0) is 24.6 Å². The highest BCUT2D eigenvalue weighted by atomic mass is 79.9. The first kappa shape index (κ1) is 14.0. The lowest BCUT2D eigenvalue weighted by molar-refractivity contribution is 0.277. The van der Waals surface area contributed by atoms with Crippen LogP contribution in [0.25, 0.3) is 0 Å². The maximum absolute atomic E-state index is 11.5. The summed E-state index contributed by atoms with van der Waals surface area (Å²) < 4.78 is 33.7. The average molecular weight is 348 g/mol. The van der Waals surface area contributed by atoms with Gasteiger partial charge in [-0.2, -0.15) is 4.98 Å². The molecule has 2 aromatic rings. The summed E-state index contributed by atoms with van der Waals surface area (Å²) in [6.07, 6.45) is 1.16. The molecule has 0 fully saturated rings. The van der Waals surface area contributed by atoms with Gasteiger partial charge in [-0.25, -0.2) is 13.6 Å². The highest BCUT2D eigenvalue weighted by molar-refractivity contribution is 9.10. The number of rotatable bonds is 4. The Kier molecular flexibility index (Phi) is 3.88. The van der Waals surface area contributed by atoms with Crippen molar-refractivity contribution in [1.82, 2.24) is 10.1 Å². The molecule has 0 aliphatic carbocycles. The van der Waals surface area contributed by atoms with Crippen LogP contribution in [0.5, 0.6) is 5.75 Å². The van der Waals surface area contributed by atoms with Gasteiger partial charge in [0.15, 0.2) is 6.61 Å². The van der Waals surface area contributed by atoms with Gasteiger partial charge in [0, 0.05) is 4.47 Å². The quantitative estimate of drug-likeness (QED) is 0.894. The molecule has 0 amide bonds. The second kappa shape index (κ2) is 5.27. The molecule has 2 rings (SSSR count). The average Bonchev–Trinajstić information content (AvgIpc) is 2.78. The van der Waals surface area contributed by atoms with Gasteiger partial charge in [0.2, 0.25) is 22.2 Å². The van der Waals surface area contributed by atoms with Crippen LogP contribution in [0.3, 0.4) is 0 Å². The summed E-state index contributed by atoms with van der Waals surface area (Å²) in [5.41, 5.74) is 0.627. The predicted octanol–water partition coefficient (Wildman–Crippen LogP) is 1.37. The van der Waals surface area contributed by atoms with Crippen LogP contribution in [0.1, 0.15) is 11.4 Å². The third-order valence-corrected chi connectivity index (χ3v) is 3.64. The molecule has 0 saturated carbocycles. The van der Waals surface area contributed by atoms with E-state index in [1.807, 2.05) is 0 Å². The van der Waals surface area contributed by atoms with E-state index in [-0.39, 0.29) is 17.3 Å². The van der Waals surface area contributed by atoms with E-state index in [9.17, 15) is 8.42 Å². The number of hydrogen-bond acceptors (Lipinski definition) is 6. The van der Waals surface area contributed by atoms with Gasteiger partial charge in [-0.1, -0.05) is 21.1 Å². The predicted molar refractivity (Wildman–Crippen MR) is 68.9 cm³/mol. The van der Waals surface area contributed by atoms with E-state index in [1.54, 1.807) is 13.0 Å². The van der Waals surface area contributed by atoms with E-state index in [4.69, 9.17) is 9.88 Å². The number of nitrogens with zero attached hydrogens (tertiary/aromatic N) is 2.